The molecule has 200 valence electrons. The Morgan fingerprint density at radius 1 is 0.921 bits per heavy atom. The zero-order chi connectivity index (χ0) is 27.5. The van der Waals surface area contributed by atoms with Gasteiger partial charge in [0.25, 0.3) is 0 Å². The zero-order valence-electron chi connectivity index (χ0n) is 22.2. The van der Waals surface area contributed by atoms with E-state index in [0.717, 1.165) is 12.8 Å². The third kappa shape index (κ3) is 6.35. The summed E-state index contributed by atoms with van der Waals surface area (Å²) in [5, 5.41) is 10.1. The molecular weight excluding hydrogens is 482 g/mol. The Bertz CT molecular complexity index is 1210. The average molecular weight is 518 g/mol. The zero-order valence-corrected chi connectivity index (χ0v) is 22.2. The van der Waals surface area contributed by atoms with Gasteiger partial charge >= 0.3 is 11.9 Å². The molecule has 1 unspecified atom stereocenters. The monoisotopic (exact) mass is 517 g/mol. The maximum Gasteiger partial charge on any atom is 0.355 e. The Kier molecular flexibility index (Phi) is 10.4. The van der Waals surface area contributed by atoms with Gasteiger partial charge in [0, 0.05) is 5.69 Å². The fourth-order valence-electron chi connectivity index (χ4n) is 4.55. The molecule has 38 heavy (non-hydrogen) atoms. The summed E-state index contributed by atoms with van der Waals surface area (Å²) < 4.78 is 16.0. The summed E-state index contributed by atoms with van der Waals surface area (Å²) in [5.41, 5.74) is 7.59. The van der Waals surface area contributed by atoms with E-state index in [-0.39, 0.29) is 22.7 Å². The first-order chi connectivity index (χ1) is 18.5. The standard InChI is InChI=1S/C30H35N3O5/c1-4-5-6-7-8-12-19-38-23-17-15-22(16-18-23)33-27(30(35)37-3)26(29(34)36-2)25(24(20-31)28(33)32)21-13-10-9-11-14-21/h9-11,13-18,25H,4-8,12,19,32H2,1-3H3. The van der Waals surface area contributed by atoms with Crippen LogP contribution in [0.4, 0.5) is 5.69 Å². The summed E-state index contributed by atoms with van der Waals surface area (Å²) in [5.74, 6) is -1.76. The highest BCUT2D eigenvalue weighted by atomic mass is 16.5. The third-order valence-corrected chi connectivity index (χ3v) is 6.47. The Morgan fingerprint density at radius 3 is 2.16 bits per heavy atom. The average Bonchev–Trinajstić information content (AvgIpc) is 2.96. The number of carbonyl (C=O) groups excluding carboxylic acids is 2. The van der Waals surface area contributed by atoms with Crippen LogP contribution in [0.5, 0.6) is 5.75 Å². The molecule has 0 fully saturated rings. The van der Waals surface area contributed by atoms with E-state index in [2.05, 4.69) is 13.0 Å². The molecule has 0 amide bonds. The van der Waals surface area contributed by atoms with Gasteiger partial charge in [0.2, 0.25) is 0 Å². The summed E-state index contributed by atoms with van der Waals surface area (Å²) in [6, 6.07) is 18.0. The molecule has 1 aliphatic heterocycles. The summed E-state index contributed by atoms with van der Waals surface area (Å²) in [7, 11) is 2.44. The van der Waals surface area contributed by atoms with Crippen molar-refractivity contribution in [3.63, 3.8) is 0 Å². The molecular formula is C30H35N3O5. The largest absolute Gasteiger partial charge is 0.494 e. The number of benzene rings is 2. The Morgan fingerprint density at radius 2 is 1.55 bits per heavy atom. The highest BCUT2D eigenvalue weighted by Gasteiger charge is 2.42. The fourth-order valence-corrected chi connectivity index (χ4v) is 4.55. The number of methoxy groups -OCH3 is 2. The van der Waals surface area contributed by atoms with E-state index < -0.39 is 17.9 Å². The number of unbranched alkanes of at least 4 members (excludes halogenated alkanes) is 5. The maximum absolute atomic E-state index is 13.1. The summed E-state index contributed by atoms with van der Waals surface area (Å²) in [6.45, 7) is 2.80. The number of allylic oxidation sites excluding steroid dienone is 1. The second-order valence-electron chi connectivity index (χ2n) is 8.95. The van der Waals surface area contributed by atoms with Crippen LogP contribution in [0, 0.1) is 11.3 Å². The SMILES string of the molecule is CCCCCCCCOc1ccc(N2C(N)=C(C#N)C(c3ccccc3)C(C(=O)OC)=C2C(=O)OC)cc1. The number of hydrogen-bond acceptors (Lipinski definition) is 8. The van der Waals surface area contributed by atoms with Crippen LogP contribution >= 0.6 is 0 Å². The van der Waals surface area contributed by atoms with Gasteiger partial charge < -0.3 is 19.9 Å². The lowest BCUT2D eigenvalue weighted by Gasteiger charge is -2.35. The number of nitrogens with zero attached hydrogens (tertiary/aromatic N) is 2. The second-order valence-corrected chi connectivity index (χ2v) is 8.95. The molecule has 0 bridgehead atoms. The summed E-state index contributed by atoms with van der Waals surface area (Å²) in [6.07, 6.45) is 7.02. The highest BCUT2D eigenvalue weighted by molar-refractivity contribution is 6.06. The molecule has 2 N–H and O–H groups in total. The number of carbonyl (C=O) groups is 2. The second kappa shape index (κ2) is 13.9. The minimum Gasteiger partial charge on any atom is -0.494 e. The molecule has 2 aromatic carbocycles. The smallest absolute Gasteiger partial charge is 0.355 e. The topological polar surface area (TPSA) is 115 Å². The number of ether oxygens (including phenoxy) is 3. The lowest BCUT2D eigenvalue weighted by atomic mass is 9.81. The van der Waals surface area contributed by atoms with Crippen molar-refractivity contribution in [1.82, 2.24) is 0 Å². The number of nitrogens with two attached hydrogens (primary N) is 1. The van der Waals surface area contributed by atoms with Gasteiger partial charge in [0.15, 0.2) is 0 Å². The molecule has 0 radical (unpaired) electrons. The molecule has 3 rings (SSSR count). The van der Waals surface area contributed by atoms with E-state index in [9.17, 15) is 14.9 Å². The fraction of sp³-hybridized carbons (Fsp3) is 0.367. The molecule has 1 atom stereocenters. The van der Waals surface area contributed by atoms with Gasteiger partial charge in [0.05, 0.1) is 44.0 Å². The Hall–Kier alpha value is -4.25. The van der Waals surface area contributed by atoms with Crippen molar-refractivity contribution in [3.8, 4) is 11.8 Å². The summed E-state index contributed by atoms with van der Waals surface area (Å²) >= 11 is 0. The van der Waals surface area contributed by atoms with Crippen LogP contribution < -0.4 is 15.4 Å². The van der Waals surface area contributed by atoms with Crippen LogP contribution in [0.2, 0.25) is 0 Å². The maximum atomic E-state index is 13.1. The van der Waals surface area contributed by atoms with Crippen molar-refractivity contribution in [1.29, 1.82) is 5.26 Å². The first kappa shape index (κ1) is 28.3. The van der Waals surface area contributed by atoms with Crippen LogP contribution in [0.3, 0.4) is 0 Å². The molecule has 0 spiro atoms. The van der Waals surface area contributed by atoms with Crippen molar-refractivity contribution in [3.05, 3.63) is 82.8 Å². The normalized spacial score (nSPS) is 15.2. The van der Waals surface area contributed by atoms with E-state index >= 15 is 0 Å². The molecule has 0 saturated heterocycles. The molecule has 1 aliphatic rings. The van der Waals surface area contributed by atoms with Crippen LogP contribution in [-0.4, -0.2) is 32.8 Å². The minimum atomic E-state index is -0.904. The van der Waals surface area contributed by atoms with Crippen LogP contribution in [0.1, 0.15) is 56.9 Å². The van der Waals surface area contributed by atoms with E-state index in [1.165, 1.54) is 44.8 Å². The van der Waals surface area contributed by atoms with E-state index in [4.69, 9.17) is 19.9 Å². The van der Waals surface area contributed by atoms with E-state index in [0.29, 0.717) is 23.6 Å². The van der Waals surface area contributed by atoms with Gasteiger partial charge in [-0.3, -0.25) is 4.90 Å². The van der Waals surface area contributed by atoms with E-state index in [1.54, 1.807) is 48.5 Å². The van der Waals surface area contributed by atoms with Gasteiger partial charge in [-0.1, -0.05) is 69.4 Å². The highest BCUT2D eigenvalue weighted by Crippen LogP contribution is 2.43. The third-order valence-electron chi connectivity index (χ3n) is 6.47. The molecule has 0 aromatic heterocycles. The van der Waals surface area contributed by atoms with Crippen molar-refractivity contribution in [2.24, 2.45) is 5.73 Å². The first-order valence-electron chi connectivity index (χ1n) is 12.9. The number of anilines is 1. The molecule has 8 nitrogen and oxygen atoms in total. The molecule has 0 saturated carbocycles. The predicted octanol–water partition coefficient (Wildman–Crippen LogP) is 5.32. The quantitative estimate of drug-likeness (QED) is 0.297. The van der Waals surface area contributed by atoms with Gasteiger partial charge in [-0.15, -0.1) is 0 Å². The summed E-state index contributed by atoms with van der Waals surface area (Å²) in [4.78, 5) is 27.6. The minimum absolute atomic E-state index is 0.0233. The van der Waals surface area contributed by atoms with Crippen LogP contribution in [-0.2, 0) is 19.1 Å². The Balaban J connectivity index is 1.98. The predicted molar refractivity (Wildman–Crippen MR) is 145 cm³/mol. The van der Waals surface area contributed by atoms with Crippen LogP contribution in [0.25, 0.3) is 0 Å². The number of rotatable bonds is 12. The number of esters is 2. The van der Waals surface area contributed by atoms with Gasteiger partial charge in [-0.05, 0) is 36.2 Å². The van der Waals surface area contributed by atoms with Crippen molar-refractivity contribution >= 4 is 17.6 Å². The van der Waals surface area contributed by atoms with Crippen molar-refractivity contribution < 1.29 is 23.8 Å². The van der Waals surface area contributed by atoms with Crippen molar-refractivity contribution in [2.75, 3.05) is 25.7 Å². The van der Waals surface area contributed by atoms with Gasteiger partial charge in [-0.2, -0.15) is 5.26 Å². The van der Waals surface area contributed by atoms with Gasteiger partial charge in [0.1, 0.15) is 17.3 Å². The Labute approximate surface area is 224 Å². The first-order valence-corrected chi connectivity index (χ1v) is 12.9. The van der Waals surface area contributed by atoms with E-state index in [1.807, 2.05) is 6.07 Å². The van der Waals surface area contributed by atoms with Crippen molar-refractivity contribution in [2.45, 2.75) is 51.4 Å². The molecule has 1 heterocycles. The number of nitriles is 1. The lowest BCUT2D eigenvalue weighted by Crippen LogP contribution is -2.40. The lowest BCUT2D eigenvalue weighted by molar-refractivity contribution is -0.139. The van der Waals surface area contributed by atoms with Gasteiger partial charge in [-0.25, -0.2) is 9.59 Å². The molecule has 2 aromatic rings. The molecule has 0 aliphatic carbocycles. The van der Waals surface area contributed by atoms with Crippen LogP contribution in [0.15, 0.2) is 77.3 Å². The number of hydrogen-bond donors (Lipinski definition) is 1. The molecule has 8 heteroatoms.